The Morgan fingerprint density at radius 1 is 1.07 bits per heavy atom. The molecule has 1 heterocycles. The smallest absolute Gasteiger partial charge is 0.497 e. The molecule has 0 radical (unpaired) electrons. The number of thioether (sulfide) groups is 1. The van der Waals surface area contributed by atoms with Crippen molar-refractivity contribution in [2.45, 2.75) is 60.5 Å². The van der Waals surface area contributed by atoms with Gasteiger partial charge in [-0.05, 0) is 55.5 Å². The minimum absolute atomic E-state index is 0.0793. The van der Waals surface area contributed by atoms with Gasteiger partial charge in [0.25, 0.3) is 0 Å². The van der Waals surface area contributed by atoms with E-state index in [1.807, 2.05) is 49.1 Å². The SMILES string of the molecule is CCCCC1(C)CN(c2ccccc2)c2cc(SC)c(OS(=O)(=O)C(F)(F)F)cc2S(O)(O)N1Cc1ccc(OC)cc1. The van der Waals surface area contributed by atoms with Gasteiger partial charge in [-0.15, -0.1) is 22.5 Å². The quantitative estimate of drug-likeness (QED) is 0.126. The Bertz CT molecular complexity index is 1520. The monoisotopic (exact) mass is 660 g/mol. The summed E-state index contributed by atoms with van der Waals surface area (Å²) in [6.07, 6.45) is 3.73. The molecule has 8 nitrogen and oxygen atoms in total. The molecule has 0 saturated carbocycles. The summed E-state index contributed by atoms with van der Waals surface area (Å²) in [6, 6.07) is 18.8. The Hall–Kier alpha value is -2.62. The Morgan fingerprint density at radius 2 is 1.72 bits per heavy atom. The molecule has 1 unspecified atom stereocenters. The van der Waals surface area contributed by atoms with Gasteiger partial charge < -0.3 is 13.8 Å². The molecule has 1 atom stereocenters. The maximum absolute atomic E-state index is 13.3. The van der Waals surface area contributed by atoms with E-state index in [0.29, 0.717) is 24.4 Å². The lowest BCUT2D eigenvalue weighted by Gasteiger charge is -2.51. The van der Waals surface area contributed by atoms with E-state index < -0.39 is 37.7 Å². The molecule has 0 aliphatic carbocycles. The highest BCUT2D eigenvalue weighted by Gasteiger charge is 2.50. The van der Waals surface area contributed by atoms with Gasteiger partial charge in [0.1, 0.15) is 10.6 Å². The van der Waals surface area contributed by atoms with E-state index in [-0.39, 0.29) is 16.3 Å². The number of nitrogens with zero attached hydrogens (tertiary/aromatic N) is 2. The second-order valence-electron chi connectivity index (χ2n) is 10.4. The molecule has 3 aromatic carbocycles. The highest BCUT2D eigenvalue weighted by atomic mass is 32.3. The molecule has 4 rings (SSSR count). The van der Waals surface area contributed by atoms with E-state index in [1.165, 1.54) is 6.07 Å². The number of para-hydroxylation sites is 1. The lowest BCUT2D eigenvalue weighted by molar-refractivity contribution is -0.0500. The van der Waals surface area contributed by atoms with Crippen molar-refractivity contribution in [1.82, 2.24) is 4.31 Å². The van der Waals surface area contributed by atoms with Crippen molar-refractivity contribution >= 4 is 44.0 Å². The first-order valence-corrected chi connectivity index (χ1v) is 17.5. The molecule has 0 saturated heterocycles. The van der Waals surface area contributed by atoms with Crippen LogP contribution < -0.4 is 13.8 Å². The molecular weight excluding hydrogens is 626 g/mol. The van der Waals surface area contributed by atoms with Gasteiger partial charge >= 0.3 is 15.6 Å². The highest BCUT2D eigenvalue weighted by Crippen LogP contribution is 2.63. The topological polar surface area (TPSA) is 99.5 Å². The molecule has 0 aromatic heterocycles. The van der Waals surface area contributed by atoms with Crippen LogP contribution in [0.3, 0.4) is 0 Å². The third kappa shape index (κ3) is 6.89. The number of benzene rings is 3. The van der Waals surface area contributed by atoms with Crippen LogP contribution in [0.1, 0.15) is 38.7 Å². The number of ether oxygens (including phenoxy) is 1. The molecule has 0 spiro atoms. The zero-order chi connectivity index (χ0) is 31.6. The molecule has 0 amide bonds. The van der Waals surface area contributed by atoms with Crippen LogP contribution in [0, 0.1) is 0 Å². The van der Waals surface area contributed by atoms with Crippen LogP contribution >= 0.6 is 22.5 Å². The van der Waals surface area contributed by atoms with Gasteiger partial charge in [0.15, 0.2) is 5.75 Å². The summed E-state index contributed by atoms with van der Waals surface area (Å²) in [5.41, 5.74) is -4.74. The number of fused-ring (bicyclic) bond motifs is 1. The standard InChI is InChI=1S/C29H35F3N2O6S3/c1-5-6-16-28(2)20-33(22-10-8-7-9-11-22)24-17-26(41-4)25(40-43(37,38)29(30,31)32)18-27(24)42(35,36)34(28)19-21-12-14-23(39-3)15-13-21/h7-15,17-18,35-36H,5-6,16,19-20H2,1-4H3. The van der Waals surface area contributed by atoms with Crippen LogP contribution in [0.15, 0.2) is 76.5 Å². The van der Waals surface area contributed by atoms with Crippen molar-refractivity contribution in [3.8, 4) is 11.5 Å². The lowest BCUT2D eigenvalue weighted by atomic mass is 9.92. The molecule has 0 fully saturated rings. The van der Waals surface area contributed by atoms with Crippen molar-refractivity contribution in [3.63, 3.8) is 0 Å². The first-order chi connectivity index (χ1) is 20.2. The highest BCUT2D eigenvalue weighted by molar-refractivity contribution is 8.22. The predicted molar refractivity (Wildman–Crippen MR) is 165 cm³/mol. The van der Waals surface area contributed by atoms with Gasteiger partial charge in [0.05, 0.1) is 23.2 Å². The number of rotatable bonds is 10. The Kier molecular flexibility index (Phi) is 9.89. The number of hydrogen-bond donors (Lipinski definition) is 2. The second kappa shape index (κ2) is 12.8. The number of halogens is 3. The minimum atomic E-state index is -6.03. The number of methoxy groups -OCH3 is 1. The Balaban J connectivity index is 1.98. The summed E-state index contributed by atoms with van der Waals surface area (Å²) < 4.78 is 99.8. The summed E-state index contributed by atoms with van der Waals surface area (Å²) >= 11 is 0.981. The van der Waals surface area contributed by atoms with Gasteiger partial charge in [-0.2, -0.15) is 25.9 Å². The zero-order valence-corrected chi connectivity index (χ0v) is 26.6. The van der Waals surface area contributed by atoms with E-state index in [1.54, 1.807) is 41.9 Å². The largest absolute Gasteiger partial charge is 0.534 e. The molecule has 0 bridgehead atoms. The van der Waals surface area contributed by atoms with Gasteiger partial charge in [-0.25, -0.2) is 0 Å². The summed E-state index contributed by atoms with van der Waals surface area (Å²) in [5.74, 6) is -0.0176. The average Bonchev–Trinajstić information content (AvgIpc) is 3.03. The maximum Gasteiger partial charge on any atom is 0.534 e. The summed E-state index contributed by atoms with van der Waals surface area (Å²) in [4.78, 5) is 1.84. The zero-order valence-electron chi connectivity index (χ0n) is 24.2. The molecule has 3 aromatic rings. The Labute approximate surface area is 256 Å². The molecule has 2 N–H and O–H groups in total. The van der Waals surface area contributed by atoms with E-state index in [2.05, 4.69) is 4.18 Å². The third-order valence-corrected chi connectivity index (χ3v) is 11.2. The number of unbranched alkanes of at least 4 members (excludes halogenated alkanes) is 1. The molecule has 1 aliphatic heterocycles. The van der Waals surface area contributed by atoms with E-state index >= 15 is 0 Å². The molecule has 236 valence electrons. The molecular formula is C29H35F3N2O6S3. The van der Waals surface area contributed by atoms with E-state index in [0.717, 1.165) is 41.9 Å². The van der Waals surface area contributed by atoms with E-state index in [9.17, 15) is 30.7 Å². The van der Waals surface area contributed by atoms with Crippen LogP contribution in [0.5, 0.6) is 11.5 Å². The van der Waals surface area contributed by atoms with Crippen molar-refractivity contribution in [1.29, 1.82) is 0 Å². The van der Waals surface area contributed by atoms with E-state index in [4.69, 9.17) is 4.74 Å². The fraction of sp³-hybridized carbons (Fsp3) is 0.379. The average molecular weight is 661 g/mol. The third-order valence-electron chi connectivity index (χ3n) is 7.34. The first-order valence-electron chi connectivity index (χ1n) is 13.4. The Morgan fingerprint density at radius 3 is 2.28 bits per heavy atom. The van der Waals surface area contributed by atoms with Crippen LogP contribution in [0.25, 0.3) is 0 Å². The number of alkyl halides is 3. The van der Waals surface area contributed by atoms with Crippen molar-refractivity contribution in [2.24, 2.45) is 0 Å². The predicted octanol–water partition coefficient (Wildman–Crippen LogP) is 8.27. The summed E-state index contributed by atoms with van der Waals surface area (Å²) in [5, 5.41) is 0. The molecule has 1 aliphatic rings. The first kappa shape index (κ1) is 33.3. The fourth-order valence-electron chi connectivity index (χ4n) is 5.06. The summed E-state index contributed by atoms with van der Waals surface area (Å²) in [6.45, 7) is 4.34. The van der Waals surface area contributed by atoms with Gasteiger partial charge in [-0.1, -0.05) is 50.1 Å². The minimum Gasteiger partial charge on any atom is -0.497 e. The lowest BCUT2D eigenvalue weighted by Crippen LogP contribution is -2.51. The molecule has 43 heavy (non-hydrogen) atoms. The van der Waals surface area contributed by atoms with Crippen LogP contribution in [0.4, 0.5) is 24.5 Å². The summed E-state index contributed by atoms with van der Waals surface area (Å²) in [7, 11) is -8.45. The number of anilines is 2. The van der Waals surface area contributed by atoms with Gasteiger partial charge in [0.2, 0.25) is 0 Å². The van der Waals surface area contributed by atoms with Crippen molar-refractivity contribution < 1.29 is 39.6 Å². The fourth-order valence-corrected chi connectivity index (χ4v) is 8.16. The van der Waals surface area contributed by atoms with Crippen LogP contribution in [0.2, 0.25) is 0 Å². The molecule has 14 heteroatoms. The second-order valence-corrected chi connectivity index (χ2v) is 14.7. The van der Waals surface area contributed by atoms with Crippen molar-refractivity contribution in [2.75, 3.05) is 24.8 Å². The van der Waals surface area contributed by atoms with Gasteiger partial charge in [-0.3, -0.25) is 9.11 Å². The van der Waals surface area contributed by atoms with Gasteiger partial charge in [0, 0.05) is 24.8 Å². The maximum atomic E-state index is 13.3. The number of hydrogen-bond acceptors (Lipinski definition) is 9. The van der Waals surface area contributed by atoms with Crippen LogP contribution in [-0.4, -0.2) is 52.8 Å². The van der Waals surface area contributed by atoms with Crippen molar-refractivity contribution in [3.05, 3.63) is 72.3 Å². The van der Waals surface area contributed by atoms with Crippen LogP contribution in [-0.2, 0) is 16.7 Å². The normalized spacial score (nSPS) is 19.8.